The molecule has 0 saturated heterocycles. The van der Waals surface area contributed by atoms with Crippen LogP contribution in [0.2, 0.25) is 0 Å². The fourth-order valence-electron chi connectivity index (χ4n) is 2.25. The Bertz CT molecular complexity index is 556. The van der Waals surface area contributed by atoms with Crippen LogP contribution >= 0.6 is 0 Å². The maximum absolute atomic E-state index is 10.4. The first kappa shape index (κ1) is 14.8. The average molecular weight is 276 g/mol. The van der Waals surface area contributed by atoms with Crippen LogP contribution in [0.4, 0.5) is 0 Å². The van der Waals surface area contributed by atoms with Crippen LogP contribution in [0.25, 0.3) is 0 Å². The number of nitrogens with zero attached hydrogens (tertiary/aromatic N) is 4. The van der Waals surface area contributed by atoms with E-state index >= 15 is 0 Å². The summed E-state index contributed by atoms with van der Waals surface area (Å²) in [6.07, 6.45) is 4.63. The van der Waals surface area contributed by atoms with E-state index in [1.54, 1.807) is 6.20 Å². The maximum Gasteiger partial charge on any atom is 0.0875 e. The summed E-state index contributed by atoms with van der Waals surface area (Å²) in [5.41, 5.74) is 3.02. The first-order valence-corrected chi connectivity index (χ1v) is 7.32. The molecule has 5 heteroatoms. The van der Waals surface area contributed by atoms with Crippen molar-refractivity contribution in [2.45, 2.75) is 59.2 Å². The highest BCUT2D eigenvalue weighted by Crippen LogP contribution is 2.20. The molecule has 0 aliphatic heterocycles. The number of aryl methyl sites for hydroxylation is 2. The van der Waals surface area contributed by atoms with Crippen LogP contribution in [0.15, 0.2) is 18.5 Å². The molecule has 2 aromatic heterocycles. The Morgan fingerprint density at radius 3 is 2.60 bits per heavy atom. The van der Waals surface area contributed by atoms with Gasteiger partial charge < -0.3 is 5.11 Å². The summed E-state index contributed by atoms with van der Waals surface area (Å²) in [6.45, 7) is 9.13. The zero-order chi connectivity index (χ0) is 14.7. The molecule has 1 atom stereocenters. The van der Waals surface area contributed by atoms with Crippen molar-refractivity contribution in [3.63, 3.8) is 0 Å². The van der Waals surface area contributed by atoms with E-state index in [1.165, 1.54) is 0 Å². The molecule has 0 spiro atoms. The molecule has 5 nitrogen and oxygen atoms in total. The predicted molar refractivity (Wildman–Crippen MR) is 78.6 cm³/mol. The summed E-state index contributed by atoms with van der Waals surface area (Å²) in [4.78, 5) is 0. The van der Waals surface area contributed by atoms with Gasteiger partial charge in [0.2, 0.25) is 0 Å². The van der Waals surface area contributed by atoms with E-state index in [2.05, 4.69) is 44.0 Å². The molecule has 0 radical (unpaired) electrons. The zero-order valence-corrected chi connectivity index (χ0v) is 12.7. The smallest absolute Gasteiger partial charge is 0.0875 e. The number of aliphatic hydroxyl groups excluding tert-OH is 1. The van der Waals surface area contributed by atoms with Crippen molar-refractivity contribution in [2.24, 2.45) is 0 Å². The molecule has 2 rings (SSSR count). The molecular formula is C15H24N4O. The van der Waals surface area contributed by atoms with Crippen LogP contribution in [-0.4, -0.2) is 24.7 Å². The third kappa shape index (κ3) is 3.10. The number of aromatic nitrogens is 4. The number of hydrogen-bond acceptors (Lipinski definition) is 3. The normalized spacial score (nSPS) is 13.1. The highest BCUT2D eigenvalue weighted by molar-refractivity contribution is 5.16. The molecule has 0 bridgehead atoms. The Morgan fingerprint density at radius 1 is 1.30 bits per heavy atom. The summed E-state index contributed by atoms with van der Waals surface area (Å²) in [6, 6.07) is 2.39. The zero-order valence-electron chi connectivity index (χ0n) is 12.7. The lowest BCUT2D eigenvalue weighted by Crippen LogP contribution is -2.08. The monoisotopic (exact) mass is 276 g/mol. The predicted octanol–water partition coefficient (Wildman–Crippen LogP) is 2.52. The lowest BCUT2D eigenvalue weighted by Gasteiger charge is -2.10. The molecule has 20 heavy (non-hydrogen) atoms. The Morgan fingerprint density at radius 2 is 2.05 bits per heavy atom. The van der Waals surface area contributed by atoms with E-state index in [-0.39, 0.29) is 0 Å². The van der Waals surface area contributed by atoms with Gasteiger partial charge in [-0.2, -0.15) is 10.2 Å². The highest BCUT2D eigenvalue weighted by atomic mass is 16.3. The van der Waals surface area contributed by atoms with Gasteiger partial charge in [-0.3, -0.25) is 9.36 Å². The molecule has 2 heterocycles. The van der Waals surface area contributed by atoms with E-state index in [0.717, 1.165) is 29.9 Å². The van der Waals surface area contributed by atoms with E-state index in [4.69, 9.17) is 0 Å². The molecule has 1 unspecified atom stereocenters. The molecular weight excluding hydrogens is 252 g/mol. The van der Waals surface area contributed by atoms with Crippen LogP contribution in [0, 0.1) is 0 Å². The molecule has 0 fully saturated rings. The standard InChI is InChI=1S/C15H24N4O/c1-5-13-7-14(18(6-2)17-13)8-15(20)12-9-16-19(10-12)11(3)4/h7,9-11,15,20H,5-6,8H2,1-4H3. The number of hydrogen-bond donors (Lipinski definition) is 1. The lowest BCUT2D eigenvalue weighted by molar-refractivity contribution is 0.175. The second-order valence-electron chi connectivity index (χ2n) is 5.36. The minimum absolute atomic E-state index is 0.309. The molecule has 110 valence electrons. The van der Waals surface area contributed by atoms with E-state index in [1.807, 2.05) is 15.6 Å². The van der Waals surface area contributed by atoms with Gasteiger partial charge in [0.05, 0.1) is 18.0 Å². The Kier molecular flexibility index (Phi) is 4.60. The van der Waals surface area contributed by atoms with Crippen molar-refractivity contribution in [3.05, 3.63) is 35.4 Å². The largest absolute Gasteiger partial charge is 0.388 e. The molecule has 0 aliphatic carbocycles. The summed E-state index contributed by atoms with van der Waals surface area (Å²) < 4.78 is 3.84. The second kappa shape index (κ2) is 6.22. The Labute approximate surface area is 120 Å². The van der Waals surface area contributed by atoms with Gasteiger partial charge in [0.15, 0.2) is 0 Å². The number of rotatable bonds is 6. The second-order valence-corrected chi connectivity index (χ2v) is 5.36. The fourth-order valence-corrected chi connectivity index (χ4v) is 2.25. The average Bonchev–Trinajstić information content (AvgIpc) is 3.04. The topological polar surface area (TPSA) is 55.9 Å². The molecule has 0 aromatic carbocycles. The highest BCUT2D eigenvalue weighted by Gasteiger charge is 2.15. The van der Waals surface area contributed by atoms with Gasteiger partial charge in [0, 0.05) is 36.5 Å². The van der Waals surface area contributed by atoms with Crippen LogP contribution in [0.5, 0.6) is 0 Å². The lowest BCUT2D eigenvalue weighted by atomic mass is 10.1. The van der Waals surface area contributed by atoms with Crippen LogP contribution in [-0.2, 0) is 19.4 Å². The minimum atomic E-state index is -0.533. The van der Waals surface area contributed by atoms with Crippen LogP contribution in [0.1, 0.15) is 56.8 Å². The quantitative estimate of drug-likeness (QED) is 0.882. The molecule has 0 amide bonds. The summed E-state index contributed by atoms with van der Waals surface area (Å²) >= 11 is 0. The van der Waals surface area contributed by atoms with Gasteiger partial charge in [0.1, 0.15) is 0 Å². The van der Waals surface area contributed by atoms with E-state index in [9.17, 15) is 5.11 Å². The first-order valence-electron chi connectivity index (χ1n) is 7.32. The van der Waals surface area contributed by atoms with Crippen LogP contribution in [0.3, 0.4) is 0 Å². The minimum Gasteiger partial charge on any atom is -0.388 e. The maximum atomic E-state index is 10.4. The van der Waals surface area contributed by atoms with Crippen molar-refractivity contribution in [3.8, 4) is 0 Å². The molecule has 1 N–H and O–H groups in total. The van der Waals surface area contributed by atoms with Crippen molar-refractivity contribution < 1.29 is 5.11 Å². The van der Waals surface area contributed by atoms with Crippen molar-refractivity contribution in [1.29, 1.82) is 0 Å². The summed E-state index contributed by atoms with van der Waals surface area (Å²) in [5.74, 6) is 0. The van der Waals surface area contributed by atoms with Gasteiger partial charge in [0.25, 0.3) is 0 Å². The van der Waals surface area contributed by atoms with Gasteiger partial charge >= 0.3 is 0 Å². The van der Waals surface area contributed by atoms with E-state index in [0.29, 0.717) is 12.5 Å². The van der Waals surface area contributed by atoms with E-state index < -0.39 is 6.10 Å². The van der Waals surface area contributed by atoms with Gasteiger partial charge in [-0.15, -0.1) is 0 Å². The molecule has 0 saturated carbocycles. The third-order valence-corrected chi connectivity index (χ3v) is 3.51. The SMILES string of the molecule is CCc1cc(CC(O)c2cnn(C(C)C)c2)n(CC)n1. The van der Waals surface area contributed by atoms with Crippen molar-refractivity contribution in [2.75, 3.05) is 0 Å². The Balaban J connectivity index is 2.13. The van der Waals surface area contributed by atoms with Gasteiger partial charge in [-0.05, 0) is 33.3 Å². The molecule has 2 aromatic rings. The molecule has 0 aliphatic rings. The summed E-state index contributed by atoms with van der Waals surface area (Å²) in [7, 11) is 0. The Hall–Kier alpha value is -1.62. The van der Waals surface area contributed by atoms with Gasteiger partial charge in [-0.25, -0.2) is 0 Å². The van der Waals surface area contributed by atoms with Crippen LogP contribution < -0.4 is 0 Å². The van der Waals surface area contributed by atoms with Crippen molar-refractivity contribution in [1.82, 2.24) is 19.6 Å². The van der Waals surface area contributed by atoms with Gasteiger partial charge in [-0.1, -0.05) is 6.92 Å². The van der Waals surface area contributed by atoms with Crippen molar-refractivity contribution >= 4 is 0 Å². The first-order chi connectivity index (χ1) is 9.55. The number of aliphatic hydroxyl groups is 1. The fraction of sp³-hybridized carbons (Fsp3) is 0.600. The third-order valence-electron chi connectivity index (χ3n) is 3.51. The summed E-state index contributed by atoms with van der Waals surface area (Å²) in [5, 5.41) is 19.2.